The molecule has 0 aromatic rings. The van der Waals surface area contributed by atoms with Gasteiger partial charge in [-0.1, -0.05) is 85.0 Å². The standard InChI is InChI=1S/C19H38O2/c1-5-6-7-8-9-10-11-12-13-14-15-16-19(17(2)3)21-18(4)20/h17,19H,5-16H2,1-4H3. The minimum Gasteiger partial charge on any atom is -0.462 e. The first-order chi connectivity index (χ1) is 10.1. The molecule has 0 rings (SSSR count). The summed E-state index contributed by atoms with van der Waals surface area (Å²) >= 11 is 0. The summed E-state index contributed by atoms with van der Waals surface area (Å²) in [6.45, 7) is 8.04. The summed E-state index contributed by atoms with van der Waals surface area (Å²) in [4.78, 5) is 11.0. The van der Waals surface area contributed by atoms with Crippen molar-refractivity contribution in [3.05, 3.63) is 0 Å². The Bertz CT molecular complexity index is 236. The van der Waals surface area contributed by atoms with Gasteiger partial charge in [-0.3, -0.25) is 4.79 Å². The van der Waals surface area contributed by atoms with Crippen LogP contribution in [-0.2, 0) is 9.53 Å². The van der Waals surface area contributed by atoms with Crippen LogP contribution in [0.2, 0.25) is 0 Å². The average molecular weight is 299 g/mol. The SMILES string of the molecule is CCCCCCCCCCCCCC(OC(C)=O)C(C)C. The average Bonchev–Trinajstić information content (AvgIpc) is 2.42. The van der Waals surface area contributed by atoms with Crippen molar-refractivity contribution in [1.82, 2.24) is 0 Å². The molecule has 2 nitrogen and oxygen atoms in total. The first-order valence-corrected chi connectivity index (χ1v) is 9.25. The topological polar surface area (TPSA) is 26.3 Å². The minimum atomic E-state index is -0.142. The number of unbranched alkanes of at least 4 members (excludes halogenated alkanes) is 10. The van der Waals surface area contributed by atoms with Crippen molar-refractivity contribution in [1.29, 1.82) is 0 Å². The molecule has 0 aliphatic rings. The molecule has 0 saturated heterocycles. The number of rotatable bonds is 14. The highest BCUT2D eigenvalue weighted by atomic mass is 16.5. The molecule has 0 fully saturated rings. The Balaban J connectivity index is 3.36. The molecular weight excluding hydrogens is 260 g/mol. The second-order valence-corrected chi connectivity index (χ2v) is 6.72. The maximum absolute atomic E-state index is 11.0. The van der Waals surface area contributed by atoms with Gasteiger partial charge in [0.1, 0.15) is 6.10 Å². The molecule has 21 heavy (non-hydrogen) atoms. The molecule has 0 spiro atoms. The summed E-state index contributed by atoms with van der Waals surface area (Å²) in [6.07, 6.45) is 16.1. The summed E-state index contributed by atoms with van der Waals surface area (Å²) in [7, 11) is 0. The van der Waals surface area contributed by atoms with E-state index >= 15 is 0 Å². The van der Waals surface area contributed by atoms with Crippen LogP contribution < -0.4 is 0 Å². The van der Waals surface area contributed by atoms with Crippen LogP contribution in [0.15, 0.2) is 0 Å². The summed E-state index contributed by atoms with van der Waals surface area (Å²) in [5.74, 6) is 0.286. The largest absolute Gasteiger partial charge is 0.462 e. The van der Waals surface area contributed by atoms with Crippen LogP contribution in [0.5, 0.6) is 0 Å². The smallest absolute Gasteiger partial charge is 0.302 e. The first-order valence-electron chi connectivity index (χ1n) is 9.25. The number of carbonyl (C=O) groups is 1. The van der Waals surface area contributed by atoms with Crippen molar-refractivity contribution >= 4 is 5.97 Å². The van der Waals surface area contributed by atoms with Crippen LogP contribution in [0.3, 0.4) is 0 Å². The van der Waals surface area contributed by atoms with Gasteiger partial charge in [0.2, 0.25) is 0 Å². The Morgan fingerprint density at radius 3 is 1.62 bits per heavy atom. The van der Waals surface area contributed by atoms with E-state index < -0.39 is 0 Å². The van der Waals surface area contributed by atoms with E-state index in [0.717, 1.165) is 6.42 Å². The Labute approximate surface area is 133 Å². The van der Waals surface area contributed by atoms with Gasteiger partial charge in [-0.15, -0.1) is 0 Å². The third-order valence-corrected chi connectivity index (χ3v) is 4.15. The lowest BCUT2D eigenvalue weighted by atomic mass is 9.99. The van der Waals surface area contributed by atoms with Crippen molar-refractivity contribution in [2.75, 3.05) is 0 Å². The Morgan fingerprint density at radius 1 is 0.810 bits per heavy atom. The van der Waals surface area contributed by atoms with Gasteiger partial charge < -0.3 is 4.74 Å². The third-order valence-electron chi connectivity index (χ3n) is 4.15. The van der Waals surface area contributed by atoms with Crippen molar-refractivity contribution < 1.29 is 9.53 Å². The molecule has 0 aromatic carbocycles. The third kappa shape index (κ3) is 14.2. The van der Waals surface area contributed by atoms with Crippen LogP contribution in [0, 0.1) is 5.92 Å². The van der Waals surface area contributed by atoms with E-state index in [1.54, 1.807) is 0 Å². The Hall–Kier alpha value is -0.530. The van der Waals surface area contributed by atoms with Crippen molar-refractivity contribution in [3.8, 4) is 0 Å². The molecule has 1 unspecified atom stereocenters. The predicted molar refractivity (Wildman–Crippen MR) is 91.5 cm³/mol. The van der Waals surface area contributed by atoms with Crippen LogP contribution in [-0.4, -0.2) is 12.1 Å². The van der Waals surface area contributed by atoms with Crippen molar-refractivity contribution in [2.45, 2.75) is 111 Å². The number of ether oxygens (including phenoxy) is 1. The molecule has 0 N–H and O–H groups in total. The van der Waals surface area contributed by atoms with E-state index in [1.807, 2.05) is 0 Å². The lowest BCUT2D eigenvalue weighted by molar-refractivity contribution is -0.148. The van der Waals surface area contributed by atoms with Gasteiger partial charge in [-0.05, 0) is 18.8 Å². The zero-order valence-electron chi connectivity index (χ0n) is 15.0. The summed E-state index contributed by atoms with van der Waals surface area (Å²) < 4.78 is 5.36. The molecule has 2 heteroatoms. The molecule has 0 saturated carbocycles. The highest BCUT2D eigenvalue weighted by Crippen LogP contribution is 2.17. The summed E-state index contributed by atoms with van der Waals surface area (Å²) in [5, 5.41) is 0. The maximum Gasteiger partial charge on any atom is 0.302 e. The van der Waals surface area contributed by atoms with E-state index in [2.05, 4.69) is 20.8 Å². The zero-order valence-corrected chi connectivity index (χ0v) is 15.0. The fourth-order valence-corrected chi connectivity index (χ4v) is 2.75. The zero-order chi connectivity index (χ0) is 15.9. The molecule has 0 aromatic heterocycles. The molecule has 0 radical (unpaired) electrons. The van der Waals surface area contributed by atoms with Gasteiger partial charge in [0.05, 0.1) is 0 Å². The molecular formula is C19H38O2. The number of hydrogen-bond acceptors (Lipinski definition) is 2. The van der Waals surface area contributed by atoms with Crippen LogP contribution >= 0.6 is 0 Å². The van der Waals surface area contributed by atoms with Gasteiger partial charge in [0.25, 0.3) is 0 Å². The van der Waals surface area contributed by atoms with Gasteiger partial charge in [-0.25, -0.2) is 0 Å². The first kappa shape index (κ1) is 20.5. The molecule has 0 bridgehead atoms. The van der Waals surface area contributed by atoms with Crippen molar-refractivity contribution in [2.24, 2.45) is 5.92 Å². The fraction of sp³-hybridized carbons (Fsp3) is 0.947. The quantitative estimate of drug-likeness (QED) is 0.279. The normalized spacial score (nSPS) is 12.6. The van der Waals surface area contributed by atoms with E-state index in [4.69, 9.17) is 4.74 Å². The van der Waals surface area contributed by atoms with E-state index in [1.165, 1.54) is 77.6 Å². The Kier molecular flexibility index (Phi) is 14.0. The van der Waals surface area contributed by atoms with Gasteiger partial charge in [0.15, 0.2) is 0 Å². The van der Waals surface area contributed by atoms with E-state index in [9.17, 15) is 4.79 Å². The number of carbonyl (C=O) groups excluding carboxylic acids is 1. The monoisotopic (exact) mass is 298 g/mol. The van der Waals surface area contributed by atoms with E-state index in [-0.39, 0.29) is 12.1 Å². The molecule has 0 aliphatic carbocycles. The molecule has 1 atom stereocenters. The summed E-state index contributed by atoms with van der Waals surface area (Å²) in [6, 6.07) is 0. The van der Waals surface area contributed by atoms with Crippen LogP contribution in [0.1, 0.15) is 105 Å². The second kappa shape index (κ2) is 14.4. The van der Waals surface area contributed by atoms with Gasteiger partial charge in [0, 0.05) is 6.92 Å². The van der Waals surface area contributed by atoms with Crippen LogP contribution in [0.25, 0.3) is 0 Å². The lowest BCUT2D eigenvalue weighted by Gasteiger charge is -2.20. The maximum atomic E-state index is 11.0. The van der Waals surface area contributed by atoms with Crippen molar-refractivity contribution in [3.63, 3.8) is 0 Å². The molecule has 0 heterocycles. The molecule has 0 aliphatic heterocycles. The highest BCUT2D eigenvalue weighted by Gasteiger charge is 2.15. The highest BCUT2D eigenvalue weighted by molar-refractivity contribution is 5.66. The Morgan fingerprint density at radius 2 is 1.24 bits per heavy atom. The minimum absolute atomic E-state index is 0.112. The van der Waals surface area contributed by atoms with Gasteiger partial charge >= 0.3 is 5.97 Å². The number of esters is 1. The molecule has 0 amide bonds. The predicted octanol–water partition coefficient (Wildman–Crippen LogP) is 6.28. The van der Waals surface area contributed by atoms with E-state index in [0.29, 0.717) is 5.92 Å². The lowest BCUT2D eigenvalue weighted by Crippen LogP contribution is -2.22. The van der Waals surface area contributed by atoms with Crippen LogP contribution in [0.4, 0.5) is 0 Å². The fourth-order valence-electron chi connectivity index (χ4n) is 2.75. The second-order valence-electron chi connectivity index (χ2n) is 6.72. The molecule has 126 valence electrons. The number of hydrogen-bond donors (Lipinski definition) is 0. The van der Waals surface area contributed by atoms with Gasteiger partial charge in [-0.2, -0.15) is 0 Å². The summed E-state index contributed by atoms with van der Waals surface area (Å²) in [5.41, 5.74) is 0.